The third-order valence-corrected chi connectivity index (χ3v) is 12.8. The van der Waals surface area contributed by atoms with Crippen LogP contribution in [0.5, 0.6) is 0 Å². The number of furan rings is 2. The number of rotatable bonds is 2. The third kappa shape index (κ3) is 5.47. The second kappa shape index (κ2) is 12.0. The summed E-state index contributed by atoms with van der Waals surface area (Å²) in [5.74, 6) is 1.94. The highest BCUT2D eigenvalue weighted by molar-refractivity contribution is 6.08. The average Bonchev–Trinajstić information content (AvgIpc) is 3.91. The number of nitrogens with zero attached hydrogens (tertiary/aromatic N) is 2. The molecule has 0 N–H and O–H groups in total. The van der Waals surface area contributed by atoms with Gasteiger partial charge in [0.15, 0.2) is 11.5 Å². The van der Waals surface area contributed by atoms with E-state index in [1.54, 1.807) is 0 Å². The maximum absolute atomic E-state index is 7.33. The van der Waals surface area contributed by atoms with E-state index in [0.29, 0.717) is 0 Å². The van der Waals surface area contributed by atoms with Crippen LogP contribution in [0, 0.1) is 0 Å². The fourth-order valence-corrected chi connectivity index (χ4v) is 9.59. The molecule has 0 aliphatic carbocycles. The SMILES string of the molecule is CC(C)(C)c1cc(C(C)(C)C)c2oc3c(c2c1)C(c1ccccc1)=CN1CC2=C4c5oc6c(C(C)(C)C)cc(C(C)(C)C)cc6c5C(c5ccccc5)=CN4CC2=C31. The zero-order valence-corrected chi connectivity index (χ0v) is 36.4. The van der Waals surface area contributed by atoms with Gasteiger partial charge in [-0.25, -0.2) is 0 Å². The van der Waals surface area contributed by atoms with Crippen LogP contribution in [0.15, 0.2) is 117 Å². The average molecular weight is 765 g/mol. The molecule has 0 radical (unpaired) electrons. The molecular weight excluding hydrogens is 709 g/mol. The van der Waals surface area contributed by atoms with E-state index in [9.17, 15) is 0 Å². The normalized spacial score (nSPS) is 16.8. The van der Waals surface area contributed by atoms with Gasteiger partial charge >= 0.3 is 0 Å². The zero-order valence-electron chi connectivity index (χ0n) is 36.4. The molecule has 4 aromatic carbocycles. The van der Waals surface area contributed by atoms with Crippen molar-refractivity contribution < 1.29 is 8.83 Å². The Labute approximate surface area is 344 Å². The Morgan fingerprint density at radius 1 is 0.448 bits per heavy atom. The smallest absolute Gasteiger partial charge is 0.160 e. The summed E-state index contributed by atoms with van der Waals surface area (Å²) in [5.41, 5.74) is 19.1. The molecule has 0 saturated heterocycles. The van der Waals surface area contributed by atoms with Crippen molar-refractivity contribution in [3.05, 3.63) is 165 Å². The van der Waals surface area contributed by atoms with Gasteiger partial charge in [-0.15, -0.1) is 0 Å². The molecular formula is C54H56N2O2. The minimum absolute atomic E-state index is 0.0233. The van der Waals surface area contributed by atoms with Crippen LogP contribution in [0.2, 0.25) is 0 Å². The van der Waals surface area contributed by atoms with Crippen LogP contribution in [-0.4, -0.2) is 22.9 Å². The molecule has 6 heterocycles. The quantitative estimate of drug-likeness (QED) is 0.176. The van der Waals surface area contributed by atoms with Crippen LogP contribution in [0.1, 0.15) is 139 Å². The van der Waals surface area contributed by atoms with Gasteiger partial charge in [-0.05, 0) is 56.0 Å². The molecule has 0 atom stereocenters. The van der Waals surface area contributed by atoms with E-state index in [2.05, 4.69) is 190 Å². The van der Waals surface area contributed by atoms with Crippen molar-refractivity contribution in [1.29, 1.82) is 0 Å². The van der Waals surface area contributed by atoms with Crippen LogP contribution >= 0.6 is 0 Å². The summed E-state index contributed by atoms with van der Waals surface area (Å²) in [4.78, 5) is 4.92. The number of hydrogen-bond donors (Lipinski definition) is 0. The molecule has 4 nitrogen and oxygen atoms in total. The van der Waals surface area contributed by atoms with E-state index >= 15 is 0 Å². The first-order chi connectivity index (χ1) is 27.3. The van der Waals surface area contributed by atoms with Crippen molar-refractivity contribution in [2.24, 2.45) is 0 Å². The molecule has 0 amide bonds. The molecule has 294 valence electrons. The molecule has 4 aliphatic heterocycles. The Morgan fingerprint density at radius 3 is 1.14 bits per heavy atom. The largest absolute Gasteiger partial charge is 0.454 e. The second-order valence-corrected chi connectivity index (χ2v) is 21.1. The van der Waals surface area contributed by atoms with Crippen molar-refractivity contribution in [3.8, 4) is 0 Å². The monoisotopic (exact) mass is 764 g/mol. The van der Waals surface area contributed by atoms with Gasteiger partial charge in [0.25, 0.3) is 0 Å². The van der Waals surface area contributed by atoms with Crippen LogP contribution in [-0.2, 0) is 21.7 Å². The summed E-state index contributed by atoms with van der Waals surface area (Å²) in [5, 5.41) is 2.39. The molecule has 4 aliphatic rings. The topological polar surface area (TPSA) is 32.8 Å². The van der Waals surface area contributed by atoms with Crippen molar-refractivity contribution in [2.45, 2.75) is 105 Å². The minimum Gasteiger partial charge on any atom is -0.454 e. The maximum atomic E-state index is 7.33. The van der Waals surface area contributed by atoms with Crippen LogP contribution in [0.3, 0.4) is 0 Å². The summed E-state index contributed by atoms with van der Waals surface area (Å²) in [6.45, 7) is 29.2. The number of hydrogen-bond acceptors (Lipinski definition) is 4. The summed E-state index contributed by atoms with van der Waals surface area (Å²) < 4.78 is 14.7. The summed E-state index contributed by atoms with van der Waals surface area (Å²) in [6.07, 6.45) is 4.79. The Balaban J connectivity index is 1.28. The molecule has 0 unspecified atom stereocenters. The lowest BCUT2D eigenvalue weighted by molar-refractivity contribution is 0.505. The lowest BCUT2D eigenvalue weighted by Gasteiger charge is -2.29. The van der Waals surface area contributed by atoms with Crippen molar-refractivity contribution in [3.63, 3.8) is 0 Å². The van der Waals surface area contributed by atoms with Gasteiger partial charge in [0.2, 0.25) is 0 Å². The Morgan fingerprint density at radius 2 is 0.810 bits per heavy atom. The second-order valence-electron chi connectivity index (χ2n) is 21.1. The zero-order chi connectivity index (χ0) is 40.8. The molecule has 10 rings (SSSR count). The fourth-order valence-electron chi connectivity index (χ4n) is 9.59. The van der Waals surface area contributed by atoms with Gasteiger partial charge in [0.05, 0.1) is 24.5 Å². The van der Waals surface area contributed by atoms with Gasteiger partial charge in [-0.1, -0.05) is 156 Å². The van der Waals surface area contributed by atoms with E-state index in [1.165, 1.54) is 89.0 Å². The minimum atomic E-state index is -0.111. The standard InChI is InChI=1S/C54H56N2O2/c1-51(2,3)33-23-35-43-37(31-19-15-13-16-20-31)27-55-30-40-39(45(55)49(43)57-47(35)41(25-33)53(7,8)9)29-56-28-38(32-21-17-14-18-22-32)44-36-24-34(52(4,5)6)26-42(54(10,11)12)48(36)58-50(44)46(40)56/h13-28H,29-30H2,1-12H3. The predicted octanol–water partition coefficient (Wildman–Crippen LogP) is 13.9. The first-order valence-corrected chi connectivity index (χ1v) is 21.1. The Hall–Kier alpha value is -5.48. The predicted molar refractivity (Wildman–Crippen MR) is 242 cm³/mol. The van der Waals surface area contributed by atoms with E-state index in [0.717, 1.165) is 35.8 Å². The van der Waals surface area contributed by atoms with Gasteiger partial charge in [-0.3, -0.25) is 0 Å². The lowest BCUT2D eigenvalue weighted by atomic mass is 9.79. The van der Waals surface area contributed by atoms with E-state index in [1.807, 2.05) is 0 Å². The number of fused-ring (bicyclic) bond motifs is 11. The summed E-state index contributed by atoms with van der Waals surface area (Å²) >= 11 is 0. The first kappa shape index (κ1) is 36.8. The van der Waals surface area contributed by atoms with Crippen LogP contribution < -0.4 is 0 Å². The molecule has 2 aromatic heterocycles. The molecule has 0 spiro atoms. The fraction of sp³-hybridized carbons (Fsp3) is 0.333. The first-order valence-electron chi connectivity index (χ1n) is 21.1. The number of benzene rings is 4. The highest BCUT2D eigenvalue weighted by Crippen LogP contribution is 2.56. The van der Waals surface area contributed by atoms with Gasteiger partial charge in [0, 0.05) is 67.7 Å². The summed E-state index contributed by atoms with van der Waals surface area (Å²) in [7, 11) is 0. The van der Waals surface area contributed by atoms with Gasteiger partial charge in [0.1, 0.15) is 11.2 Å². The van der Waals surface area contributed by atoms with Crippen LogP contribution in [0.25, 0.3) is 44.5 Å². The maximum Gasteiger partial charge on any atom is 0.160 e. The Kier molecular flexibility index (Phi) is 7.64. The van der Waals surface area contributed by atoms with Crippen molar-refractivity contribution >= 4 is 44.5 Å². The molecule has 0 saturated carbocycles. The van der Waals surface area contributed by atoms with E-state index in [4.69, 9.17) is 8.83 Å². The van der Waals surface area contributed by atoms with E-state index in [-0.39, 0.29) is 21.7 Å². The summed E-state index contributed by atoms with van der Waals surface area (Å²) in [6, 6.07) is 31.3. The Bertz CT molecular complexity index is 2640. The molecule has 58 heavy (non-hydrogen) atoms. The van der Waals surface area contributed by atoms with Crippen molar-refractivity contribution in [2.75, 3.05) is 13.1 Å². The van der Waals surface area contributed by atoms with Crippen molar-refractivity contribution in [1.82, 2.24) is 9.80 Å². The molecule has 0 bridgehead atoms. The highest BCUT2D eigenvalue weighted by atomic mass is 16.3. The molecule has 4 heteroatoms. The third-order valence-electron chi connectivity index (χ3n) is 12.8. The van der Waals surface area contributed by atoms with E-state index < -0.39 is 0 Å². The lowest BCUT2D eigenvalue weighted by Crippen LogP contribution is -2.22. The van der Waals surface area contributed by atoms with Crippen LogP contribution in [0.4, 0.5) is 0 Å². The molecule has 6 aromatic rings. The van der Waals surface area contributed by atoms with Gasteiger partial charge < -0.3 is 18.6 Å². The van der Waals surface area contributed by atoms with Gasteiger partial charge in [-0.2, -0.15) is 0 Å². The highest BCUT2D eigenvalue weighted by Gasteiger charge is 2.46. The molecule has 0 fully saturated rings.